The Morgan fingerprint density at radius 3 is 2.58 bits per heavy atom. The Kier molecular flexibility index (Phi) is 4.57. The first kappa shape index (κ1) is 9.95. The summed E-state index contributed by atoms with van der Waals surface area (Å²) in [6.45, 7) is 0.104. The van der Waals surface area contributed by atoms with Crippen LogP contribution in [0.1, 0.15) is 0 Å². The number of aliphatic hydroxyl groups excluding tert-OH is 1. The third kappa shape index (κ3) is 3.51. The fourth-order valence-corrected chi connectivity index (χ4v) is 3.02. The fourth-order valence-electron chi connectivity index (χ4n) is 0.741. The first-order valence-electron chi connectivity index (χ1n) is 3.83. The van der Waals surface area contributed by atoms with Crippen molar-refractivity contribution in [3.05, 3.63) is 33.9 Å². The maximum absolute atomic E-state index is 8.71. The Morgan fingerprint density at radius 2 is 2.00 bits per heavy atom. The van der Waals surface area contributed by atoms with Gasteiger partial charge in [-0.1, -0.05) is 0 Å². The van der Waals surface area contributed by atoms with Crippen LogP contribution in [0.2, 0.25) is 0 Å². The molecule has 0 aliphatic carbocycles. The first-order valence-corrected chi connectivity index (χ1v) is 6.44. The van der Waals surface area contributed by atoms with Crippen LogP contribution in [-0.4, -0.2) is 22.2 Å². The van der Waals surface area contributed by atoms with E-state index < -0.39 is 0 Å². The van der Waals surface area contributed by atoms with Gasteiger partial charge in [-0.15, -0.1) is 0 Å². The zero-order valence-corrected chi connectivity index (χ0v) is 8.94. The number of nitrogens with two attached hydrogens (primary N) is 1. The molecule has 0 aromatic heterocycles. The number of alkyl halides is 1. The molecular formula is C9H13INO-. The molecule has 3 heteroatoms. The Bertz CT molecular complexity index is 215. The molecule has 1 atom stereocenters. The molecule has 12 heavy (non-hydrogen) atoms. The maximum atomic E-state index is 8.71. The van der Waals surface area contributed by atoms with Gasteiger partial charge in [0.1, 0.15) is 0 Å². The van der Waals surface area contributed by atoms with Gasteiger partial charge >= 0.3 is 83.0 Å². The monoisotopic (exact) mass is 278 g/mol. The van der Waals surface area contributed by atoms with Crippen molar-refractivity contribution >= 4 is 0 Å². The molecule has 3 N–H and O–H groups in total. The van der Waals surface area contributed by atoms with Gasteiger partial charge in [-0.2, -0.15) is 0 Å². The van der Waals surface area contributed by atoms with Gasteiger partial charge in [0.25, 0.3) is 0 Å². The van der Waals surface area contributed by atoms with Crippen molar-refractivity contribution < 1.29 is 26.3 Å². The molecule has 0 bridgehead atoms. The molecule has 1 rings (SSSR count). The van der Waals surface area contributed by atoms with E-state index in [9.17, 15) is 0 Å². The molecule has 0 spiro atoms. The first-order chi connectivity index (χ1) is 5.83. The summed E-state index contributed by atoms with van der Waals surface area (Å²) in [7, 11) is 0. The zero-order valence-electron chi connectivity index (χ0n) is 6.78. The molecule has 0 amide bonds. The standard InChI is InChI=1S/C9H13INO/c11-9(7-12)6-10-8-4-2-1-3-5-8/h1-5,9,12H,6-7,11H2/q-1. The van der Waals surface area contributed by atoms with Crippen LogP contribution in [-0.2, 0) is 0 Å². The van der Waals surface area contributed by atoms with Crippen molar-refractivity contribution in [2.75, 3.05) is 11.0 Å². The molecule has 0 saturated carbocycles. The number of hydrogen-bond acceptors (Lipinski definition) is 2. The van der Waals surface area contributed by atoms with Crippen LogP contribution in [0.4, 0.5) is 0 Å². The van der Waals surface area contributed by atoms with Gasteiger partial charge in [-0.25, -0.2) is 0 Å². The van der Waals surface area contributed by atoms with Gasteiger partial charge in [0, 0.05) is 0 Å². The minimum atomic E-state index is -0.0296. The number of aliphatic hydroxyl groups is 1. The van der Waals surface area contributed by atoms with E-state index in [1.165, 1.54) is 3.57 Å². The van der Waals surface area contributed by atoms with E-state index in [-0.39, 0.29) is 33.9 Å². The van der Waals surface area contributed by atoms with Crippen LogP contribution in [0.25, 0.3) is 0 Å². The van der Waals surface area contributed by atoms with Gasteiger partial charge < -0.3 is 0 Å². The van der Waals surface area contributed by atoms with E-state index in [4.69, 9.17) is 10.8 Å². The third-order valence-electron chi connectivity index (χ3n) is 1.40. The molecule has 0 fully saturated rings. The number of benzene rings is 1. The van der Waals surface area contributed by atoms with E-state index in [2.05, 4.69) is 12.1 Å². The second-order valence-corrected chi connectivity index (χ2v) is 5.42. The summed E-state index contributed by atoms with van der Waals surface area (Å²) in [5.74, 6) is 0. The summed E-state index contributed by atoms with van der Waals surface area (Å²) in [5.41, 5.74) is 5.60. The molecule has 1 unspecified atom stereocenters. The molecule has 68 valence electrons. The van der Waals surface area contributed by atoms with Crippen molar-refractivity contribution in [2.45, 2.75) is 6.04 Å². The molecular weight excluding hydrogens is 265 g/mol. The predicted octanol–water partition coefficient (Wildman–Crippen LogP) is -2.74. The second kappa shape index (κ2) is 5.50. The molecule has 1 aromatic rings. The molecule has 0 radical (unpaired) electrons. The average molecular weight is 278 g/mol. The van der Waals surface area contributed by atoms with Crippen LogP contribution < -0.4 is 26.9 Å². The Hall–Kier alpha value is -0.130. The molecule has 0 heterocycles. The van der Waals surface area contributed by atoms with Gasteiger partial charge in [0.05, 0.1) is 0 Å². The summed E-state index contributed by atoms with van der Waals surface area (Å²) in [6, 6.07) is 10.3. The Labute approximate surface area is 83.0 Å². The van der Waals surface area contributed by atoms with E-state index in [0.29, 0.717) is 0 Å². The summed E-state index contributed by atoms with van der Waals surface area (Å²) in [6.07, 6.45) is 0. The van der Waals surface area contributed by atoms with Crippen LogP contribution in [0.15, 0.2) is 30.3 Å². The topological polar surface area (TPSA) is 46.2 Å². The Balaban J connectivity index is 2.33. The van der Waals surface area contributed by atoms with Gasteiger partial charge in [0.15, 0.2) is 0 Å². The SMILES string of the molecule is NC(CO)C[I-]c1ccccc1. The van der Waals surface area contributed by atoms with E-state index in [1.54, 1.807) is 0 Å². The molecule has 1 aromatic carbocycles. The van der Waals surface area contributed by atoms with Gasteiger partial charge in [-0.05, 0) is 0 Å². The van der Waals surface area contributed by atoms with Crippen molar-refractivity contribution in [2.24, 2.45) is 5.73 Å². The average Bonchev–Trinajstić information content (AvgIpc) is 2.16. The molecule has 0 aliphatic heterocycles. The number of rotatable bonds is 4. The van der Waals surface area contributed by atoms with E-state index >= 15 is 0 Å². The molecule has 0 aliphatic rings. The van der Waals surface area contributed by atoms with Crippen molar-refractivity contribution in [3.8, 4) is 0 Å². The summed E-state index contributed by atoms with van der Waals surface area (Å²) >= 11 is -0.00488. The third-order valence-corrected chi connectivity index (χ3v) is 4.57. The van der Waals surface area contributed by atoms with Crippen LogP contribution >= 0.6 is 0 Å². The normalized spacial score (nSPS) is 13.2. The summed E-state index contributed by atoms with van der Waals surface area (Å²) < 4.78 is 2.35. The fraction of sp³-hybridized carbons (Fsp3) is 0.333. The molecule has 0 saturated heterocycles. The summed E-state index contributed by atoms with van der Waals surface area (Å²) in [4.78, 5) is 0. The van der Waals surface area contributed by atoms with Crippen LogP contribution in [0.5, 0.6) is 0 Å². The Morgan fingerprint density at radius 1 is 1.33 bits per heavy atom. The quantitative estimate of drug-likeness (QED) is 0.464. The molecule has 2 nitrogen and oxygen atoms in total. The number of hydrogen-bond donors (Lipinski definition) is 2. The van der Waals surface area contributed by atoms with E-state index in [1.807, 2.05) is 18.2 Å². The van der Waals surface area contributed by atoms with Crippen molar-refractivity contribution in [3.63, 3.8) is 0 Å². The minimum absolute atomic E-state index is 0.00488. The summed E-state index contributed by atoms with van der Waals surface area (Å²) in [5, 5.41) is 8.71. The zero-order chi connectivity index (χ0) is 8.81. The van der Waals surface area contributed by atoms with Crippen LogP contribution in [0.3, 0.4) is 0 Å². The second-order valence-electron chi connectivity index (χ2n) is 2.53. The van der Waals surface area contributed by atoms with Gasteiger partial charge in [-0.3, -0.25) is 0 Å². The predicted molar refractivity (Wildman–Crippen MR) is 45.1 cm³/mol. The van der Waals surface area contributed by atoms with Crippen LogP contribution in [0, 0.1) is 3.57 Å². The van der Waals surface area contributed by atoms with Crippen molar-refractivity contribution in [1.82, 2.24) is 0 Å². The van der Waals surface area contributed by atoms with Crippen molar-refractivity contribution in [1.29, 1.82) is 0 Å². The van der Waals surface area contributed by atoms with E-state index in [0.717, 1.165) is 4.43 Å². The number of halogens is 1. The van der Waals surface area contributed by atoms with Gasteiger partial charge in [0.2, 0.25) is 0 Å².